The molecule has 0 unspecified atom stereocenters. The second kappa shape index (κ2) is 4.65. The molecule has 0 saturated carbocycles. The third-order valence-corrected chi connectivity index (χ3v) is 2.70. The third-order valence-electron chi connectivity index (χ3n) is 2.70. The minimum absolute atomic E-state index is 0.266. The lowest BCUT2D eigenvalue weighted by Gasteiger charge is -2.21. The van der Waals surface area contributed by atoms with Gasteiger partial charge in [-0.1, -0.05) is 19.9 Å². The highest BCUT2D eigenvalue weighted by molar-refractivity contribution is 5.90. The highest BCUT2D eigenvalue weighted by Crippen LogP contribution is 2.25. The van der Waals surface area contributed by atoms with Crippen LogP contribution in [0.3, 0.4) is 0 Å². The lowest BCUT2D eigenvalue weighted by molar-refractivity contribution is 0.0691. The minimum atomic E-state index is -1.24. The first-order valence-corrected chi connectivity index (χ1v) is 5.27. The first-order valence-electron chi connectivity index (χ1n) is 5.27. The number of aliphatic imine (C=N–C) groups is 1. The summed E-state index contributed by atoms with van der Waals surface area (Å²) in [4.78, 5) is 14.8. The molecule has 0 aliphatic carbocycles. The van der Waals surface area contributed by atoms with Gasteiger partial charge in [-0.2, -0.15) is 0 Å². The normalized spacial score (nSPS) is 12.1. The first kappa shape index (κ1) is 13.4. The molecule has 0 heterocycles. The summed E-state index contributed by atoms with van der Waals surface area (Å²) in [5.41, 5.74) is 0.448. The highest BCUT2D eigenvalue weighted by atomic mass is 19.1. The van der Waals surface area contributed by atoms with Crippen LogP contribution in [0.2, 0.25) is 0 Å². The Balaban J connectivity index is 3.38. The molecule has 0 aromatic heterocycles. The Hall–Kier alpha value is -1.71. The van der Waals surface area contributed by atoms with E-state index in [2.05, 4.69) is 4.99 Å². The third kappa shape index (κ3) is 2.70. The van der Waals surface area contributed by atoms with Crippen molar-refractivity contribution in [2.75, 3.05) is 7.05 Å². The maximum absolute atomic E-state index is 13.7. The number of benzene rings is 1. The fourth-order valence-electron chi connectivity index (χ4n) is 1.78. The molecular weight excluding hydrogens is 221 g/mol. The van der Waals surface area contributed by atoms with Gasteiger partial charge in [0.15, 0.2) is 0 Å². The largest absolute Gasteiger partial charge is 0.478 e. The van der Waals surface area contributed by atoms with Crippen molar-refractivity contribution in [1.82, 2.24) is 0 Å². The Labute approximate surface area is 100 Å². The van der Waals surface area contributed by atoms with Gasteiger partial charge in [0.25, 0.3) is 0 Å². The summed E-state index contributed by atoms with van der Waals surface area (Å²) in [6, 6.07) is 2.95. The summed E-state index contributed by atoms with van der Waals surface area (Å²) in [6.07, 6.45) is 1.71. The van der Waals surface area contributed by atoms with E-state index in [0.29, 0.717) is 11.1 Å². The predicted molar refractivity (Wildman–Crippen MR) is 65.5 cm³/mol. The Kier molecular flexibility index (Phi) is 3.66. The van der Waals surface area contributed by atoms with Gasteiger partial charge in [0.05, 0.1) is 5.56 Å². The van der Waals surface area contributed by atoms with E-state index in [-0.39, 0.29) is 5.56 Å². The van der Waals surface area contributed by atoms with Gasteiger partial charge in [-0.15, -0.1) is 0 Å². The lowest BCUT2D eigenvalue weighted by Crippen LogP contribution is -2.20. The summed E-state index contributed by atoms with van der Waals surface area (Å²) in [5.74, 6) is -1.95. The van der Waals surface area contributed by atoms with Crippen LogP contribution in [-0.4, -0.2) is 24.3 Å². The van der Waals surface area contributed by atoms with Gasteiger partial charge >= 0.3 is 5.97 Å². The Morgan fingerprint density at radius 1 is 1.47 bits per heavy atom. The minimum Gasteiger partial charge on any atom is -0.478 e. The summed E-state index contributed by atoms with van der Waals surface area (Å²) in [7, 11) is 1.65. The molecule has 4 heteroatoms. The summed E-state index contributed by atoms with van der Waals surface area (Å²) in [5, 5.41) is 8.88. The number of carboxylic acid groups (broad SMARTS) is 1. The fraction of sp³-hybridized carbons (Fsp3) is 0.385. The van der Waals surface area contributed by atoms with E-state index in [9.17, 15) is 9.18 Å². The standard InChI is InChI=1S/C13H16FNO2/c1-8-5-9(13(2,3)7-15-4)6-10(14)11(8)12(16)17/h5-7H,1-4H3,(H,16,17). The maximum atomic E-state index is 13.7. The molecule has 3 nitrogen and oxygen atoms in total. The van der Waals surface area contributed by atoms with Crippen LogP contribution in [0.4, 0.5) is 4.39 Å². The fourth-order valence-corrected chi connectivity index (χ4v) is 1.78. The molecule has 1 N–H and O–H groups in total. The van der Waals surface area contributed by atoms with Crippen molar-refractivity contribution in [3.8, 4) is 0 Å². The molecule has 0 amide bonds. The van der Waals surface area contributed by atoms with Crippen LogP contribution >= 0.6 is 0 Å². The van der Waals surface area contributed by atoms with E-state index >= 15 is 0 Å². The van der Waals surface area contributed by atoms with Crippen LogP contribution < -0.4 is 0 Å². The topological polar surface area (TPSA) is 49.7 Å². The number of hydrogen-bond donors (Lipinski definition) is 1. The highest BCUT2D eigenvalue weighted by Gasteiger charge is 2.22. The Morgan fingerprint density at radius 3 is 2.47 bits per heavy atom. The van der Waals surface area contributed by atoms with Crippen molar-refractivity contribution >= 4 is 12.2 Å². The number of aromatic carboxylic acids is 1. The summed E-state index contributed by atoms with van der Waals surface area (Å²) >= 11 is 0. The molecule has 0 saturated heterocycles. The zero-order valence-corrected chi connectivity index (χ0v) is 10.4. The first-order chi connectivity index (χ1) is 7.79. The molecule has 0 atom stereocenters. The van der Waals surface area contributed by atoms with Crippen LogP contribution in [-0.2, 0) is 5.41 Å². The number of aryl methyl sites for hydroxylation is 1. The predicted octanol–water partition coefficient (Wildman–Crippen LogP) is 2.81. The van der Waals surface area contributed by atoms with Crippen molar-refractivity contribution in [2.24, 2.45) is 4.99 Å². The number of halogens is 1. The van der Waals surface area contributed by atoms with Crippen molar-refractivity contribution in [1.29, 1.82) is 0 Å². The van der Waals surface area contributed by atoms with E-state index in [1.807, 2.05) is 13.8 Å². The van der Waals surface area contributed by atoms with E-state index in [4.69, 9.17) is 5.11 Å². The Bertz CT molecular complexity index is 455. The maximum Gasteiger partial charge on any atom is 0.338 e. The quantitative estimate of drug-likeness (QED) is 0.822. The molecule has 17 heavy (non-hydrogen) atoms. The van der Waals surface area contributed by atoms with Gasteiger partial charge in [-0.05, 0) is 24.1 Å². The number of carbonyl (C=O) groups is 1. The molecule has 1 aromatic carbocycles. The summed E-state index contributed by atoms with van der Waals surface area (Å²) in [6.45, 7) is 5.39. The van der Waals surface area contributed by atoms with Crippen LogP contribution in [0, 0.1) is 12.7 Å². The van der Waals surface area contributed by atoms with Gasteiger partial charge in [-0.25, -0.2) is 9.18 Å². The molecule has 1 aromatic rings. The average molecular weight is 237 g/mol. The number of rotatable bonds is 3. The lowest BCUT2D eigenvalue weighted by atomic mass is 9.84. The monoisotopic (exact) mass is 237 g/mol. The Morgan fingerprint density at radius 2 is 2.06 bits per heavy atom. The molecular formula is C13H16FNO2. The molecule has 92 valence electrons. The van der Waals surface area contributed by atoms with Crippen LogP contribution in [0.1, 0.15) is 35.3 Å². The van der Waals surface area contributed by atoms with Gasteiger partial charge in [0.1, 0.15) is 5.82 Å². The smallest absolute Gasteiger partial charge is 0.338 e. The number of nitrogens with zero attached hydrogens (tertiary/aromatic N) is 1. The molecule has 0 radical (unpaired) electrons. The van der Waals surface area contributed by atoms with Crippen molar-refractivity contribution in [2.45, 2.75) is 26.2 Å². The van der Waals surface area contributed by atoms with E-state index in [1.54, 1.807) is 26.3 Å². The average Bonchev–Trinajstić information content (AvgIpc) is 2.15. The van der Waals surface area contributed by atoms with Gasteiger partial charge in [-0.3, -0.25) is 4.99 Å². The van der Waals surface area contributed by atoms with Crippen molar-refractivity contribution in [3.63, 3.8) is 0 Å². The van der Waals surface area contributed by atoms with E-state index in [0.717, 1.165) is 0 Å². The molecule has 0 spiro atoms. The van der Waals surface area contributed by atoms with Crippen LogP contribution in [0.25, 0.3) is 0 Å². The summed E-state index contributed by atoms with van der Waals surface area (Å²) < 4.78 is 13.7. The number of hydrogen-bond acceptors (Lipinski definition) is 2. The molecule has 0 fully saturated rings. The van der Waals surface area contributed by atoms with Gasteiger partial charge in [0, 0.05) is 18.7 Å². The second-order valence-electron chi connectivity index (χ2n) is 4.56. The van der Waals surface area contributed by atoms with E-state index in [1.165, 1.54) is 6.07 Å². The second-order valence-corrected chi connectivity index (χ2v) is 4.56. The van der Waals surface area contributed by atoms with Crippen molar-refractivity contribution < 1.29 is 14.3 Å². The molecule has 1 rings (SSSR count). The molecule has 0 aliphatic rings. The zero-order chi connectivity index (χ0) is 13.2. The van der Waals surface area contributed by atoms with Crippen LogP contribution in [0.15, 0.2) is 17.1 Å². The van der Waals surface area contributed by atoms with Crippen LogP contribution in [0.5, 0.6) is 0 Å². The molecule has 0 bridgehead atoms. The number of carboxylic acids is 1. The SMILES string of the molecule is CN=CC(C)(C)c1cc(C)c(C(=O)O)c(F)c1. The van der Waals surface area contributed by atoms with E-state index < -0.39 is 17.2 Å². The van der Waals surface area contributed by atoms with Crippen molar-refractivity contribution in [3.05, 3.63) is 34.6 Å². The molecule has 0 aliphatic heterocycles. The van der Waals surface area contributed by atoms with Gasteiger partial charge in [0.2, 0.25) is 0 Å². The van der Waals surface area contributed by atoms with Gasteiger partial charge < -0.3 is 5.11 Å². The zero-order valence-electron chi connectivity index (χ0n) is 10.4.